The van der Waals surface area contributed by atoms with E-state index in [1.807, 2.05) is 71.2 Å². The molecular formula is C72H40N8S6. The summed E-state index contributed by atoms with van der Waals surface area (Å²) in [7, 11) is 0. The Morgan fingerprint density at radius 2 is 0.721 bits per heavy atom. The predicted octanol–water partition coefficient (Wildman–Crippen LogP) is 19.6. The lowest BCUT2D eigenvalue weighted by molar-refractivity contribution is 0.775. The molecule has 6 heterocycles. The van der Waals surface area contributed by atoms with Crippen LogP contribution in [0.25, 0.3) is 106 Å². The molecule has 0 radical (unpaired) electrons. The number of hydrogen-bond donors (Lipinski definition) is 0. The summed E-state index contributed by atoms with van der Waals surface area (Å²) in [6.45, 7) is 8.66. The number of fused-ring (bicyclic) bond motifs is 13. The van der Waals surface area contributed by atoms with Crippen molar-refractivity contribution < 1.29 is 0 Å². The Morgan fingerprint density at radius 3 is 1.06 bits per heavy atom. The smallest absolute Gasteiger partial charge is 0.130 e. The fraction of sp³-hybridized carbons (Fsp3) is 0.0833. The van der Waals surface area contributed by atoms with Gasteiger partial charge >= 0.3 is 0 Å². The molecule has 0 atom stereocenters. The van der Waals surface area contributed by atoms with Gasteiger partial charge in [0.25, 0.3) is 0 Å². The summed E-state index contributed by atoms with van der Waals surface area (Å²) in [6, 6.07) is 67.3. The third-order valence-electron chi connectivity index (χ3n) is 17.3. The lowest BCUT2D eigenvalue weighted by Gasteiger charge is -2.34. The number of hydrogen-bond acceptors (Lipinski definition) is 14. The maximum Gasteiger partial charge on any atom is 0.130 e. The molecule has 6 aromatic heterocycles. The molecule has 86 heavy (non-hydrogen) atoms. The third kappa shape index (κ3) is 7.43. The second-order valence-electron chi connectivity index (χ2n) is 22.2. The van der Waals surface area contributed by atoms with Crippen LogP contribution in [0.2, 0.25) is 0 Å². The van der Waals surface area contributed by atoms with Crippen molar-refractivity contribution in [1.29, 1.82) is 21.0 Å². The molecule has 2 aliphatic carbocycles. The van der Waals surface area contributed by atoms with Crippen LogP contribution >= 0.6 is 68.8 Å². The minimum Gasteiger partial charge on any atom is -0.192 e. The van der Waals surface area contributed by atoms with Crippen LogP contribution in [0.3, 0.4) is 0 Å². The quantitative estimate of drug-likeness (QED) is 0.137. The van der Waals surface area contributed by atoms with E-state index in [9.17, 15) is 21.0 Å². The standard InChI is InChI=1S/C72H40N8S6/c1-37-5-15-47(16-6-37)71(48-17-7-38(2)8-18-48)55-31-57-45(29-59(81-57)51-23-13-43(25-41(33-73)34-74)63-65(51)79-85-77-63)27-53(55)67-61(71)69-70(83-67)62-68(84-69)54-28-46-30-60(52-24-14-44(26-42(35-75)36-76)64-66(52)80-86-78-64)82-58(46)32-56(54)72(62,49-19-9-39(3)10-20-49)50-21-11-40(4)12-22-50/h5-32H,1-4H3. The minimum atomic E-state index is -0.710. The molecule has 0 spiro atoms. The van der Waals surface area contributed by atoms with Crippen molar-refractivity contribution in [3.05, 3.63) is 247 Å². The van der Waals surface area contributed by atoms with E-state index in [1.165, 1.54) is 97.0 Å². The zero-order valence-electron chi connectivity index (χ0n) is 46.2. The maximum atomic E-state index is 9.63. The molecule has 16 rings (SSSR count). The van der Waals surface area contributed by atoms with E-state index < -0.39 is 10.8 Å². The molecule has 0 aliphatic heterocycles. The second kappa shape index (κ2) is 19.5. The number of benzene rings is 8. The summed E-state index contributed by atoms with van der Waals surface area (Å²) >= 11 is 9.66. The van der Waals surface area contributed by atoms with Gasteiger partial charge in [0.2, 0.25) is 0 Å². The van der Waals surface area contributed by atoms with E-state index in [0.29, 0.717) is 22.2 Å². The Bertz CT molecular complexity index is 5030. The van der Waals surface area contributed by atoms with E-state index in [2.05, 4.69) is 170 Å². The number of allylic oxidation sites excluding steroid dienone is 2. The van der Waals surface area contributed by atoms with Crippen molar-refractivity contribution in [2.24, 2.45) is 0 Å². The van der Waals surface area contributed by atoms with Crippen molar-refractivity contribution in [3.8, 4) is 66.0 Å². The van der Waals surface area contributed by atoms with Gasteiger partial charge in [-0.05, 0) is 132 Å². The topological polar surface area (TPSA) is 147 Å². The van der Waals surface area contributed by atoms with E-state index in [-0.39, 0.29) is 11.1 Å². The molecule has 404 valence electrons. The number of nitriles is 4. The monoisotopic (exact) mass is 1210 g/mol. The Balaban J connectivity index is 0.976. The Kier molecular flexibility index (Phi) is 11.8. The van der Waals surface area contributed by atoms with Crippen LogP contribution in [0, 0.1) is 73.0 Å². The van der Waals surface area contributed by atoms with Crippen molar-refractivity contribution in [2.45, 2.75) is 38.5 Å². The first kappa shape index (κ1) is 52.0. The van der Waals surface area contributed by atoms with Crippen molar-refractivity contribution >= 4 is 133 Å². The molecule has 14 aromatic rings. The van der Waals surface area contributed by atoms with E-state index in [4.69, 9.17) is 8.75 Å². The molecule has 14 heteroatoms. The van der Waals surface area contributed by atoms with Gasteiger partial charge in [-0.2, -0.15) is 38.5 Å². The summed E-state index contributed by atoms with van der Waals surface area (Å²) in [5.74, 6) is 0. The maximum absolute atomic E-state index is 9.63. The van der Waals surface area contributed by atoms with Crippen LogP contribution in [0.1, 0.15) is 77.9 Å². The second-order valence-corrected chi connectivity index (χ2v) is 27.5. The summed E-state index contributed by atoms with van der Waals surface area (Å²) in [6.07, 6.45) is 3.18. The Morgan fingerprint density at radius 1 is 0.384 bits per heavy atom. The zero-order chi connectivity index (χ0) is 58.3. The summed E-state index contributed by atoms with van der Waals surface area (Å²) < 4.78 is 23.8. The largest absolute Gasteiger partial charge is 0.192 e. The van der Waals surface area contributed by atoms with Crippen LogP contribution in [-0.2, 0) is 10.8 Å². The van der Waals surface area contributed by atoms with Gasteiger partial charge in [0.05, 0.1) is 43.7 Å². The SMILES string of the molecule is Cc1ccc(C2(c3ccc(C)cc3)c3cc4sc(-c5ccc(C=C(C#N)C#N)c6nsnc56)cc4cc3-c3sc4c5c(sc4c32)-c2cc3cc(-c4ccc(C=C(C#N)C#N)c6nsnc46)sc3cc2C5(c2ccc(C)cc2)c2ccc(C)cc2)cc1. The molecule has 8 nitrogen and oxygen atoms in total. The van der Waals surface area contributed by atoms with Gasteiger partial charge in [0.1, 0.15) is 57.5 Å². The van der Waals surface area contributed by atoms with Gasteiger partial charge in [-0.25, -0.2) is 0 Å². The Hall–Kier alpha value is -9.58. The van der Waals surface area contributed by atoms with E-state index in [1.54, 1.807) is 34.8 Å². The third-order valence-corrected chi connectivity index (χ3v) is 23.3. The van der Waals surface area contributed by atoms with Crippen molar-refractivity contribution in [1.82, 2.24) is 17.5 Å². The van der Waals surface area contributed by atoms with Gasteiger partial charge in [0, 0.05) is 62.3 Å². The summed E-state index contributed by atoms with van der Waals surface area (Å²) in [4.78, 5) is 4.68. The fourth-order valence-electron chi connectivity index (χ4n) is 13.3. The first-order valence-corrected chi connectivity index (χ1v) is 32.4. The summed E-state index contributed by atoms with van der Waals surface area (Å²) in [5, 5.41) is 40.8. The molecular weight excluding hydrogens is 1170 g/mol. The molecule has 0 saturated heterocycles. The van der Waals surface area contributed by atoms with Gasteiger partial charge < -0.3 is 0 Å². The molecule has 0 amide bonds. The first-order chi connectivity index (χ1) is 42.0. The highest BCUT2D eigenvalue weighted by Crippen LogP contribution is 2.69. The molecule has 8 aromatic carbocycles. The average Bonchev–Trinajstić information content (AvgIpc) is 1.50. The van der Waals surface area contributed by atoms with Crippen LogP contribution in [0.4, 0.5) is 0 Å². The highest BCUT2D eigenvalue weighted by molar-refractivity contribution is 7.32. The van der Waals surface area contributed by atoms with Gasteiger partial charge in [-0.1, -0.05) is 144 Å². The van der Waals surface area contributed by atoms with Crippen molar-refractivity contribution in [2.75, 3.05) is 0 Å². The minimum absolute atomic E-state index is 0.0163. The lowest BCUT2D eigenvalue weighted by atomic mass is 9.66. The molecule has 0 N–H and O–H groups in total. The van der Waals surface area contributed by atoms with Crippen LogP contribution in [-0.4, -0.2) is 17.5 Å². The zero-order valence-corrected chi connectivity index (χ0v) is 51.1. The number of thiophene rings is 4. The molecule has 2 aliphatic rings. The number of aryl methyl sites for hydroxylation is 4. The highest BCUT2D eigenvalue weighted by Gasteiger charge is 2.54. The van der Waals surface area contributed by atoms with E-state index in [0.717, 1.165) is 75.5 Å². The molecule has 0 fully saturated rings. The molecule has 0 unspecified atom stereocenters. The van der Waals surface area contributed by atoms with Gasteiger partial charge in [0.15, 0.2) is 0 Å². The number of nitrogens with zero attached hydrogens (tertiary/aromatic N) is 8. The average molecular weight is 1210 g/mol. The normalized spacial score (nSPS) is 13.3. The predicted molar refractivity (Wildman–Crippen MR) is 355 cm³/mol. The van der Waals surface area contributed by atoms with Crippen LogP contribution in [0.15, 0.2) is 169 Å². The first-order valence-electron chi connectivity index (χ1n) is 27.6. The highest BCUT2D eigenvalue weighted by atomic mass is 32.1. The van der Waals surface area contributed by atoms with E-state index >= 15 is 0 Å². The number of rotatable bonds is 8. The molecule has 0 saturated carbocycles. The Labute approximate surface area is 518 Å². The fourth-order valence-corrected chi connectivity index (χ4v) is 19.9. The van der Waals surface area contributed by atoms with Crippen LogP contribution < -0.4 is 0 Å². The summed E-state index contributed by atoms with van der Waals surface area (Å²) in [5.41, 5.74) is 22.0. The van der Waals surface area contributed by atoms with Gasteiger partial charge in [-0.3, -0.25) is 0 Å². The van der Waals surface area contributed by atoms with Crippen LogP contribution in [0.5, 0.6) is 0 Å². The van der Waals surface area contributed by atoms with Crippen molar-refractivity contribution in [3.63, 3.8) is 0 Å². The number of aromatic nitrogens is 4. The van der Waals surface area contributed by atoms with Gasteiger partial charge in [-0.15, -0.1) is 45.3 Å². The lowest BCUT2D eigenvalue weighted by Crippen LogP contribution is -2.29. The molecule has 0 bridgehead atoms.